The van der Waals surface area contributed by atoms with Crippen molar-refractivity contribution in [1.29, 1.82) is 0 Å². The lowest BCUT2D eigenvalue weighted by molar-refractivity contribution is 0.825. The van der Waals surface area contributed by atoms with E-state index in [2.05, 4.69) is 97.1 Å². The fourth-order valence-electron chi connectivity index (χ4n) is 3.47. The van der Waals surface area contributed by atoms with Gasteiger partial charge in [0.15, 0.2) is 0 Å². The van der Waals surface area contributed by atoms with Crippen LogP contribution in [-0.4, -0.2) is 6.16 Å². The van der Waals surface area contributed by atoms with Gasteiger partial charge in [0.05, 0.1) is 0 Å². The van der Waals surface area contributed by atoms with Crippen LogP contribution in [0.5, 0.6) is 0 Å². The van der Waals surface area contributed by atoms with E-state index in [0.29, 0.717) is 5.92 Å². The van der Waals surface area contributed by atoms with Gasteiger partial charge in [-0.25, -0.2) is 0 Å². The molecule has 0 radical (unpaired) electrons. The molecule has 1 atom stereocenters. The molecule has 118 valence electrons. The van der Waals surface area contributed by atoms with Gasteiger partial charge in [-0.3, -0.25) is 0 Å². The molecular formula is C23H21P. The SMILES string of the molecule is C1=CC(CCP(c2ccccc2)c2ccccc2)c2ccccc21. The minimum absolute atomic E-state index is 0.290. The number of hydrogen-bond acceptors (Lipinski definition) is 0. The van der Waals surface area contributed by atoms with Crippen molar-refractivity contribution < 1.29 is 0 Å². The number of benzene rings is 3. The molecule has 1 heteroatoms. The summed E-state index contributed by atoms with van der Waals surface area (Å²) in [5, 5.41) is 2.96. The van der Waals surface area contributed by atoms with Crippen molar-refractivity contribution in [3.05, 3.63) is 102 Å². The Morgan fingerprint density at radius 2 is 1.25 bits per heavy atom. The molecule has 0 fully saturated rings. The minimum Gasteiger partial charge on any atom is -0.0764 e. The van der Waals surface area contributed by atoms with Crippen LogP contribution in [0, 0.1) is 0 Å². The quantitative estimate of drug-likeness (QED) is 0.556. The molecule has 3 aromatic carbocycles. The van der Waals surface area contributed by atoms with Gasteiger partial charge in [0.1, 0.15) is 0 Å². The molecule has 0 amide bonds. The minimum atomic E-state index is -0.290. The van der Waals surface area contributed by atoms with Gasteiger partial charge < -0.3 is 0 Å². The highest BCUT2D eigenvalue weighted by Crippen LogP contribution is 2.39. The van der Waals surface area contributed by atoms with E-state index in [9.17, 15) is 0 Å². The highest BCUT2D eigenvalue weighted by atomic mass is 31.1. The van der Waals surface area contributed by atoms with E-state index in [-0.39, 0.29) is 7.92 Å². The van der Waals surface area contributed by atoms with Crippen molar-refractivity contribution in [1.82, 2.24) is 0 Å². The lowest BCUT2D eigenvalue weighted by Gasteiger charge is -2.21. The standard InChI is InChI=1S/C23H21P/c1-3-10-21(11-4-1)24(22-12-5-2-6-13-22)18-17-20-16-15-19-9-7-8-14-23(19)20/h1-16,20H,17-18H2. The zero-order valence-corrected chi connectivity index (χ0v) is 14.6. The maximum atomic E-state index is 2.38. The highest BCUT2D eigenvalue weighted by molar-refractivity contribution is 7.73. The Morgan fingerprint density at radius 3 is 1.92 bits per heavy atom. The van der Waals surface area contributed by atoms with Gasteiger partial charge in [0, 0.05) is 5.92 Å². The van der Waals surface area contributed by atoms with Gasteiger partial charge >= 0.3 is 0 Å². The Bertz CT molecular complexity index is 781. The monoisotopic (exact) mass is 328 g/mol. The van der Waals surface area contributed by atoms with E-state index in [4.69, 9.17) is 0 Å². The summed E-state index contributed by atoms with van der Waals surface area (Å²) in [4.78, 5) is 0. The molecule has 0 bridgehead atoms. The van der Waals surface area contributed by atoms with Crippen molar-refractivity contribution in [3.63, 3.8) is 0 Å². The molecule has 0 saturated carbocycles. The van der Waals surface area contributed by atoms with Crippen LogP contribution in [0.15, 0.2) is 91.0 Å². The maximum Gasteiger partial charge on any atom is 0.00307 e. The van der Waals surface area contributed by atoms with E-state index in [1.54, 1.807) is 0 Å². The molecule has 0 saturated heterocycles. The summed E-state index contributed by atoms with van der Waals surface area (Å²) >= 11 is 0. The first-order valence-electron chi connectivity index (χ1n) is 8.56. The van der Waals surface area contributed by atoms with Gasteiger partial charge in [-0.2, -0.15) is 0 Å². The highest BCUT2D eigenvalue weighted by Gasteiger charge is 2.20. The molecule has 24 heavy (non-hydrogen) atoms. The Hall–Kier alpha value is -2.17. The number of rotatable bonds is 5. The van der Waals surface area contributed by atoms with Crippen LogP contribution < -0.4 is 10.6 Å². The molecule has 0 aliphatic heterocycles. The van der Waals surface area contributed by atoms with Gasteiger partial charge in [-0.1, -0.05) is 97.1 Å². The number of hydrogen-bond donors (Lipinski definition) is 0. The van der Waals surface area contributed by atoms with E-state index >= 15 is 0 Å². The molecule has 0 spiro atoms. The normalized spacial score (nSPS) is 15.6. The van der Waals surface area contributed by atoms with Crippen molar-refractivity contribution in [2.75, 3.05) is 6.16 Å². The van der Waals surface area contributed by atoms with Crippen LogP contribution >= 0.6 is 7.92 Å². The first-order valence-corrected chi connectivity index (χ1v) is 10.1. The summed E-state index contributed by atoms with van der Waals surface area (Å²) < 4.78 is 0. The second-order valence-corrected chi connectivity index (χ2v) is 8.54. The number of allylic oxidation sites excluding steroid dienone is 1. The lowest BCUT2D eigenvalue weighted by atomic mass is 9.99. The van der Waals surface area contributed by atoms with Crippen LogP contribution in [-0.2, 0) is 0 Å². The average Bonchev–Trinajstić information content (AvgIpc) is 3.07. The zero-order valence-electron chi connectivity index (χ0n) is 13.7. The van der Waals surface area contributed by atoms with Gasteiger partial charge in [0.2, 0.25) is 0 Å². The Labute approximate surface area is 145 Å². The molecular weight excluding hydrogens is 307 g/mol. The third-order valence-corrected chi connectivity index (χ3v) is 7.25. The van der Waals surface area contributed by atoms with Crippen LogP contribution in [0.25, 0.3) is 6.08 Å². The Morgan fingerprint density at radius 1 is 0.667 bits per heavy atom. The molecule has 0 nitrogen and oxygen atoms in total. The first kappa shape index (κ1) is 15.4. The van der Waals surface area contributed by atoms with Crippen LogP contribution in [0.4, 0.5) is 0 Å². The molecule has 1 aliphatic rings. The van der Waals surface area contributed by atoms with E-state index < -0.39 is 0 Å². The smallest absolute Gasteiger partial charge is 0.00307 e. The van der Waals surface area contributed by atoms with Crippen molar-refractivity contribution in [2.45, 2.75) is 12.3 Å². The van der Waals surface area contributed by atoms with Gasteiger partial charge in [0.25, 0.3) is 0 Å². The van der Waals surface area contributed by atoms with Crippen LogP contribution in [0.1, 0.15) is 23.5 Å². The molecule has 0 aromatic heterocycles. The predicted octanol–water partition coefficient (Wildman–Crippen LogP) is 5.32. The average molecular weight is 328 g/mol. The molecule has 0 heterocycles. The summed E-state index contributed by atoms with van der Waals surface area (Å²) in [7, 11) is -0.290. The maximum absolute atomic E-state index is 2.38. The van der Waals surface area contributed by atoms with E-state index in [0.717, 1.165) is 0 Å². The largest absolute Gasteiger partial charge is 0.0764 e. The second kappa shape index (κ2) is 7.16. The number of fused-ring (bicyclic) bond motifs is 1. The molecule has 1 unspecified atom stereocenters. The predicted molar refractivity (Wildman–Crippen MR) is 107 cm³/mol. The molecule has 4 rings (SSSR count). The fourth-order valence-corrected chi connectivity index (χ4v) is 5.88. The third kappa shape index (κ3) is 3.21. The van der Waals surface area contributed by atoms with E-state index in [1.165, 1.54) is 34.3 Å². The van der Waals surface area contributed by atoms with Crippen molar-refractivity contribution in [2.24, 2.45) is 0 Å². The lowest BCUT2D eigenvalue weighted by Crippen LogP contribution is -2.14. The second-order valence-electron chi connectivity index (χ2n) is 6.21. The zero-order chi connectivity index (χ0) is 16.2. The summed E-state index contributed by atoms with van der Waals surface area (Å²) in [6, 6.07) is 30.8. The Balaban J connectivity index is 1.57. The first-order chi connectivity index (χ1) is 11.9. The van der Waals surface area contributed by atoms with Crippen molar-refractivity contribution in [3.8, 4) is 0 Å². The van der Waals surface area contributed by atoms with Gasteiger partial charge in [-0.05, 0) is 42.2 Å². The van der Waals surface area contributed by atoms with Crippen LogP contribution in [0.3, 0.4) is 0 Å². The third-order valence-electron chi connectivity index (χ3n) is 4.70. The summed E-state index contributed by atoms with van der Waals surface area (Å²) in [5.74, 6) is 0.568. The van der Waals surface area contributed by atoms with Crippen molar-refractivity contribution >= 4 is 24.6 Å². The topological polar surface area (TPSA) is 0 Å². The van der Waals surface area contributed by atoms with Gasteiger partial charge in [-0.15, -0.1) is 0 Å². The fraction of sp³-hybridized carbons (Fsp3) is 0.130. The molecule has 0 N–H and O–H groups in total. The Kier molecular flexibility index (Phi) is 4.58. The molecule has 3 aromatic rings. The molecule has 1 aliphatic carbocycles. The summed E-state index contributed by atoms with van der Waals surface area (Å²) in [6.45, 7) is 0. The summed E-state index contributed by atoms with van der Waals surface area (Å²) in [5.41, 5.74) is 2.89. The van der Waals surface area contributed by atoms with Crippen LogP contribution in [0.2, 0.25) is 0 Å². The summed E-state index contributed by atoms with van der Waals surface area (Å²) in [6.07, 6.45) is 7.11. The van der Waals surface area contributed by atoms with E-state index in [1.807, 2.05) is 0 Å².